The molecule has 0 fully saturated rings. The Hall–Kier alpha value is -2.42. The van der Waals surface area contributed by atoms with Crippen LogP contribution in [0.2, 0.25) is 0 Å². The monoisotopic (exact) mass is 351 g/mol. The summed E-state index contributed by atoms with van der Waals surface area (Å²) < 4.78 is 0. The Bertz CT molecular complexity index is 749. The molecular formula is C23H29NO2. The first-order chi connectivity index (χ1) is 12.2. The molecule has 0 bridgehead atoms. The third-order valence-electron chi connectivity index (χ3n) is 4.82. The molecule has 138 valence electrons. The third-order valence-corrected chi connectivity index (χ3v) is 4.82. The summed E-state index contributed by atoms with van der Waals surface area (Å²) in [6.45, 7) is 12.3. The molecule has 0 aliphatic rings. The van der Waals surface area contributed by atoms with Crippen molar-refractivity contribution < 1.29 is 9.59 Å². The highest BCUT2D eigenvalue weighted by atomic mass is 16.2. The van der Waals surface area contributed by atoms with E-state index in [0.717, 1.165) is 22.3 Å². The van der Waals surface area contributed by atoms with Gasteiger partial charge in [-0.2, -0.15) is 0 Å². The minimum atomic E-state index is -0.552. The van der Waals surface area contributed by atoms with E-state index in [4.69, 9.17) is 0 Å². The predicted octanol–water partition coefficient (Wildman–Crippen LogP) is 5.30. The van der Waals surface area contributed by atoms with Crippen molar-refractivity contribution in [2.45, 2.75) is 59.8 Å². The molecule has 1 amide bonds. The van der Waals surface area contributed by atoms with Gasteiger partial charge in [-0.3, -0.25) is 9.59 Å². The molecule has 0 atom stereocenters. The Labute approximate surface area is 156 Å². The zero-order chi connectivity index (χ0) is 19.4. The maximum atomic E-state index is 12.5. The second kappa shape index (κ2) is 8.31. The number of rotatable bonds is 6. The Morgan fingerprint density at radius 1 is 0.846 bits per heavy atom. The van der Waals surface area contributed by atoms with E-state index in [9.17, 15) is 9.59 Å². The van der Waals surface area contributed by atoms with E-state index < -0.39 is 11.7 Å². The number of hydrogen-bond acceptors (Lipinski definition) is 2. The lowest BCUT2D eigenvalue weighted by atomic mass is 9.95. The number of Topliss-reactive ketones (excluding diaryl/α,β-unsaturated/α-hetero) is 1. The van der Waals surface area contributed by atoms with Crippen LogP contribution in [0.4, 0.5) is 5.69 Å². The Morgan fingerprint density at radius 2 is 1.38 bits per heavy atom. The fraction of sp³-hybridized carbons (Fsp3) is 0.391. The van der Waals surface area contributed by atoms with Gasteiger partial charge in [0.1, 0.15) is 0 Å². The van der Waals surface area contributed by atoms with Crippen LogP contribution in [0.25, 0.3) is 0 Å². The molecule has 0 aliphatic carbocycles. The molecule has 0 aromatic heterocycles. The molecule has 3 nitrogen and oxygen atoms in total. The van der Waals surface area contributed by atoms with Crippen LogP contribution >= 0.6 is 0 Å². The highest BCUT2D eigenvalue weighted by Gasteiger charge is 2.17. The fourth-order valence-corrected chi connectivity index (χ4v) is 2.82. The summed E-state index contributed by atoms with van der Waals surface area (Å²) in [5, 5.41) is 2.79. The van der Waals surface area contributed by atoms with Gasteiger partial charge in [0.25, 0.3) is 5.91 Å². The molecular weight excluding hydrogens is 322 g/mol. The first-order valence-corrected chi connectivity index (χ1v) is 9.23. The van der Waals surface area contributed by atoms with Gasteiger partial charge in [-0.05, 0) is 59.6 Å². The number of benzene rings is 2. The minimum absolute atomic E-state index is 0.126. The maximum absolute atomic E-state index is 12.5. The van der Waals surface area contributed by atoms with Crippen molar-refractivity contribution >= 4 is 17.4 Å². The van der Waals surface area contributed by atoms with Gasteiger partial charge in [-0.1, -0.05) is 58.0 Å². The summed E-state index contributed by atoms with van der Waals surface area (Å²) in [7, 11) is 0. The van der Waals surface area contributed by atoms with E-state index in [-0.39, 0.29) is 6.42 Å². The lowest BCUT2D eigenvalue weighted by Gasteiger charge is -2.13. The highest BCUT2D eigenvalue weighted by Crippen LogP contribution is 2.23. The SMILES string of the molecule is Cc1ccc(C(C)C)cc1CC(=O)C(=O)Nc1cc(C(C)C)ccc1C. The molecule has 26 heavy (non-hydrogen) atoms. The van der Waals surface area contributed by atoms with Crippen LogP contribution in [0.5, 0.6) is 0 Å². The maximum Gasteiger partial charge on any atom is 0.292 e. The molecule has 2 aromatic rings. The van der Waals surface area contributed by atoms with Crippen LogP contribution in [0.15, 0.2) is 36.4 Å². The topological polar surface area (TPSA) is 46.2 Å². The van der Waals surface area contributed by atoms with Crippen molar-refractivity contribution in [3.8, 4) is 0 Å². The molecule has 1 N–H and O–H groups in total. The first kappa shape index (κ1) is 19.9. The number of carbonyl (C=O) groups excluding carboxylic acids is 2. The van der Waals surface area contributed by atoms with Crippen LogP contribution < -0.4 is 5.32 Å². The zero-order valence-electron chi connectivity index (χ0n) is 16.6. The zero-order valence-corrected chi connectivity index (χ0v) is 16.6. The van der Waals surface area contributed by atoms with Gasteiger partial charge in [0.2, 0.25) is 5.78 Å². The Morgan fingerprint density at radius 3 is 1.96 bits per heavy atom. The molecule has 0 aliphatic heterocycles. The second-order valence-corrected chi connectivity index (χ2v) is 7.62. The van der Waals surface area contributed by atoms with Crippen molar-refractivity contribution in [1.29, 1.82) is 0 Å². The Balaban J connectivity index is 2.15. The fourth-order valence-electron chi connectivity index (χ4n) is 2.82. The number of anilines is 1. The van der Waals surface area contributed by atoms with Crippen molar-refractivity contribution in [2.75, 3.05) is 5.32 Å². The molecule has 0 saturated carbocycles. The number of amides is 1. The smallest absolute Gasteiger partial charge is 0.292 e. The van der Waals surface area contributed by atoms with Gasteiger partial charge in [-0.25, -0.2) is 0 Å². The van der Waals surface area contributed by atoms with Crippen LogP contribution in [-0.4, -0.2) is 11.7 Å². The quantitative estimate of drug-likeness (QED) is 0.718. The number of carbonyl (C=O) groups is 2. The predicted molar refractivity (Wildman–Crippen MR) is 108 cm³/mol. The average molecular weight is 351 g/mol. The summed E-state index contributed by atoms with van der Waals surface area (Å²) in [6, 6.07) is 12.1. The number of ketones is 1. The van der Waals surface area contributed by atoms with Gasteiger partial charge >= 0.3 is 0 Å². The van der Waals surface area contributed by atoms with Crippen molar-refractivity contribution in [2.24, 2.45) is 0 Å². The van der Waals surface area contributed by atoms with Gasteiger partial charge in [0.15, 0.2) is 0 Å². The van der Waals surface area contributed by atoms with Crippen molar-refractivity contribution in [1.82, 2.24) is 0 Å². The van der Waals surface area contributed by atoms with E-state index in [1.54, 1.807) is 0 Å². The average Bonchev–Trinajstić information content (AvgIpc) is 2.58. The van der Waals surface area contributed by atoms with Gasteiger partial charge in [0, 0.05) is 12.1 Å². The highest BCUT2D eigenvalue weighted by molar-refractivity contribution is 6.41. The van der Waals surface area contributed by atoms with Crippen LogP contribution in [0.1, 0.15) is 67.3 Å². The number of nitrogens with one attached hydrogen (secondary N) is 1. The summed E-state index contributed by atoms with van der Waals surface area (Å²) in [5.41, 5.74) is 5.94. The molecule has 0 saturated heterocycles. The van der Waals surface area contributed by atoms with Gasteiger partial charge in [0.05, 0.1) is 0 Å². The van der Waals surface area contributed by atoms with Crippen LogP contribution in [0.3, 0.4) is 0 Å². The van der Waals surface area contributed by atoms with E-state index in [1.807, 2.05) is 38.1 Å². The van der Waals surface area contributed by atoms with Crippen LogP contribution in [0, 0.1) is 13.8 Å². The Kier molecular flexibility index (Phi) is 6.36. The lowest BCUT2D eigenvalue weighted by Crippen LogP contribution is -2.25. The second-order valence-electron chi connectivity index (χ2n) is 7.62. The third kappa shape index (κ3) is 4.81. The molecule has 2 aromatic carbocycles. The van der Waals surface area contributed by atoms with E-state index in [0.29, 0.717) is 17.5 Å². The number of hydrogen-bond donors (Lipinski definition) is 1. The lowest BCUT2D eigenvalue weighted by molar-refractivity contribution is -0.134. The summed E-state index contributed by atoms with van der Waals surface area (Å²) >= 11 is 0. The molecule has 0 radical (unpaired) electrons. The number of aryl methyl sites for hydroxylation is 2. The van der Waals surface area contributed by atoms with Crippen molar-refractivity contribution in [3.63, 3.8) is 0 Å². The van der Waals surface area contributed by atoms with Gasteiger partial charge in [-0.15, -0.1) is 0 Å². The van der Waals surface area contributed by atoms with Crippen LogP contribution in [-0.2, 0) is 16.0 Å². The molecule has 0 unspecified atom stereocenters. The molecule has 0 heterocycles. The van der Waals surface area contributed by atoms with E-state index in [1.165, 1.54) is 5.56 Å². The van der Waals surface area contributed by atoms with E-state index in [2.05, 4.69) is 45.1 Å². The molecule has 3 heteroatoms. The van der Waals surface area contributed by atoms with Crippen molar-refractivity contribution in [3.05, 3.63) is 64.2 Å². The first-order valence-electron chi connectivity index (χ1n) is 9.23. The largest absolute Gasteiger partial charge is 0.319 e. The summed E-state index contributed by atoms with van der Waals surface area (Å²) in [5.74, 6) is -0.213. The summed E-state index contributed by atoms with van der Waals surface area (Å²) in [4.78, 5) is 24.9. The summed E-state index contributed by atoms with van der Waals surface area (Å²) in [6.07, 6.45) is 0.126. The van der Waals surface area contributed by atoms with Gasteiger partial charge < -0.3 is 5.32 Å². The molecule has 2 rings (SSSR count). The normalized spacial score (nSPS) is 11.1. The van der Waals surface area contributed by atoms with E-state index >= 15 is 0 Å². The molecule has 0 spiro atoms. The minimum Gasteiger partial charge on any atom is -0.319 e. The standard InChI is InChI=1S/C23H29NO2/c1-14(2)18-9-7-16(5)20(11-18)13-22(25)23(26)24-21-12-19(15(3)4)10-8-17(21)6/h7-12,14-15H,13H2,1-6H3,(H,24,26).